The molecule has 2 aromatic carbocycles. The maximum absolute atomic E-state index is 12.3. The van der Waals surface area contributed by atoms with Crippen LogP contribution in [0.1, 0.15) is 11.1 Å². The fraction of sp³-hybridized carbons (Fsp3) is 0.300. The minimum Gasteiger partial charge on any atom is -0.454 e. The highest BCUT2D eigenvalue weighted by molar-refractivity contribution is 5.96. The lowest BCUT2D eigenvalue weighted by Gasteiger charge is -2.14. The molecule has 0 spiro atoms. The molecule has 0 N–H and O–H groups in total. The molecule has 0 radical (unpaired) electrons. The summed E-state index contributed by atoms with van der Waals surface area (Å²) in [5, 5.41) is 0. The molecule has 1 saturated heterocycles. The number of hydrogen-bond acceptors (Lipinski definition) is 7. The van der Waals surface area contributed by atoms with Gasteiger partial charge in [-0.3, -0.25) is 9.59 Å². The number of fused-ring (bicyclic) bond motifs is 2. The number of hydrogen-bond donors (Lipinski definition) is 0. The third kappa shape index (κ3) is 2.85. The molecule has 7 nitrogen and oxygen atoms in total. The van der Waals surface area contributed by atoms with E-state index in [0.717, 1.165) is 11.1 Å². The van der Waals surface area contributed by atoms with Crippen LogP contribution in [0.5, 0.6) is 23.0 Å². The Labute approximate surface area is 154 Å². The minimum atomic E-state index is -0.539. The lowest BCUT2D eigenvalue weighted by atomic mass is 9.84. The van der Waals surface area contributed by atoms with Crippen LogP contribution in [-0.4, -0.2) is 25.5 Å². The van der Waals surface area contributed by atoms with E-state index < -0.39 is 23.8 Å². The first-order valence-electron chi connectivity index (χ1n) is 8.70. The Morgan fingerprint density at radius 1 is 0.667 bits per heavy atom. The summed E-state index contributed by atoms with van der Waals surface area (Å²) in [6.07, 6.45) is 0.798. The van der Waals surface area contributed by atoms with E-state index in [1.165, 1.54) is 0 Å². The Bertz CT molecular complexity index is 860. The van der Waals surface area contributed by atoms with Crippen molar-refractivity contribution in [2.45, 2.75) is 12.8 Å². The van der Waals surface area contributed by atoms with Crippen molar-refractivity contribution in [1.29, 1.82) is 0 Å². The van der Waals surface area contributed by atoms with E-state index in [1.54, 1.807) is 0 Å². The van der Waals surface area contributed by atoms with Gasteiger partial charge in [0.2, 0.25) is 13.6 Å². The van der Waals surface area contributed by atoms with Crippen LogP contribution in [-0.2, 0) is 27.2 Å². The Morgan fingerprint density at radius 2 is 1.11 bits per heavy atom. The summed E-state index contributed by atoms with van der Waals surface area (Å²) in [4.78, 5) is 24.5. The van der Waals surface area contributed by atoms with E-state index in [4.69, 9.17) is 23.7 Å². The summed E-state index contributed by atoms with van der Waals surface area (Å²) in [5.74, 6) is 0.620. The average molecular weight is 368 g/mol. The molecule has 0 aliphatic carbocycles. The lowest BCUT2D eigenvalue weighted by Crippen LogP contribution is -2.22. The molecule has 0 saturated carbocycles. The van der Waals surface area contributed by atoms with E-state index in [-0.39, 0.29) is 13.6 Å². The first-order chi connectivity index (χ1) is 13.2. The molecule has 0 amide bonds. The number of ether oxygens (including phenoxy) is 5. The second kappa shape index (κ2) is 6.19. The summed E-state index contributed by atoms with van der Waals surface area (Å²) in [7, 11) is 0. The van der Waals surface area contributed by atoms with Gasteiger partial charge in [0.1, 0.15) is 0 Å². The predicted octanol–water partition coefficient (Wildman–Crippen LogP) is 2.25. The van der Waals surface area contributed by atoms with E-state index in [9.17, 15) is 9.59 Å². The van der Waals surface area contributed by atoms with Gasteiger partial charge in [-0.1, -0.05) is 12.1 Å². The van der Waals surface area contributed by atoms with Gasteiger partial charge in [0.05, 0.1) is 11.8 Å². The van der Waals surface area contributed by atoms with Crippen molar-refractivity contribution in [3.05, 3.63) is 47.5 Å². The van der Waals surface area contributed by atoms with Crippen molar-refractivity contribution < 1.29 is 33.3 Å². The minimum absolute atomic E-state index is 0.190. The molecule has 7 heteroatoms. The van der Waals surface area contributed by atoms with E-state index in [2.05, 4.69) is 0 Å². The molecule has 2 aromatic rings. The molecule has 0 aromatic heterocycles. The van der Waals surface area contributed by atoms with Crippen molar-refractivity contribution in [3.8, 4) is 23.0 Å². The van der Waals surface area contributed by atoms with Gasteiger partial charge in [-0.15, -0.1) is 0 Å². The summed E-state index contributed by atoms with van der Waals surface area (Å²) < 4.78 is 26.3. The molecular weight excluding hydrogens is 352 g/mol. The van der Waals surface area contributed by atoms with Crippen molar-refractivity contribution in [3.63, 3.8) is 0 Å². The zero-order valence-electron chi connectivity index (χ0n) is 14.3. The first-order valence-corrected chi connectivity index (χ1v) is 8.70. The molecular formula is C20H16O7. The second-order valence-electron chi connectivity index (χ2n) is 6.74. The Morgan fingerprint density at radius 3 is 1.59 bits per heavy atom. The van der Waals surface area contributed by atoms with Crippen molar-refractivity contribution in [2.24, 2.45) is 11.8 Å². The number of rotatable bonds is 4. The lowest BCUT2D eigenvalue weighted by molar-refractivity contribution is -0.153. The summed E-state index contributed by atoms with van der Waals surface area (Å²) in [6.45, 7) is 0.380. The van der Waals surface area contributed by atoms with Crippen LogP contribution in [0.3, 0.4) is 0 Å². The maximum Gasteiger partial charge on any atom is 0.317 e. The molecule has 5 rings (SSSR count). The van der Waals surface area contributed by atoms with Gasteiger partial charge < -0.3 is 23.7 Å². The maximum atomic E-state index is 12.3. The summed E-state index contributed by atoms with van der Waals surface area (Å²) in [6, 6.07) is 11.1. The molecule has 1 fully saturated rings. The van der Waals surface area contributed by atoms with Gasteiger partial charge in [0.25, 0.3) is 0 Å². The zero-order valence-corrected chi connectivity index (χ0v) is 14.3. The first kappa shape index (κ1) is 16.0. The number of cyclic esters (lactones) is 2. The summed E-state index contributed by atoms with van der Waals surface area (Å²) >= 11 is 0. The van der Waals surface area contributed by atoms with Crippen LogP contribution in [0.2, 0.25) is 0 Å². The van der Waals surface area contributed by atoms with Crippen LogP contribution in [0, 0.1) is 11.8 Å². The van der Waals surface area contributed by atoms with Gasteiger partial charge in [-0.25, -0.2) is 0 Å². The average Bonchev–Trinajstić information content (AvgIpc) is 3.36. The highest BCUT2D eigenvalue weighted by Crippen LogP contribution is 2.37. The van der Waals surface area contributed by atoms with Gasteiger partial charge in [0, 0.05) is 0 Å². The molecule has 3 heterocycles. The standard InChI is InChI=1S/C20H16O7/c21-19-13(5-11-1-3-15-17(7-11)25-9-23-15)14(20(22)27-19)6-12-2-4-16-18(8-12)26-10-24-16/h1-4,7-8,13-14H,5-6,9-10H2/t13-,14-/m0/s1. The Kier molecular flexibility index (Phi) is 3.67. The van der Waals surface area contributed by atoms with Crippen molar-refractivity contribution >= 4 is 11.9 Å². The smallest absolute Gasteiger partial charge is 0.317 e. The number of carbonyl (C=O) groups is 2. The fourth-order valence-electron chi connectivity index (χ4n) is 3.67. The fourth-order valence-corrected chi connectivity index (χ4v) is 3.67. The van der Waals surface area contributed by atoms with Crippen LogP contribution < -0.4 is 18.9 Å². The van der Waals surface area contributed by atoms with Crippen molar-refractivity contribution in [1.82, 2.24) is 0 Å². The highest BCUT2D eigenvalue weighted by atomic mass is 16.7. The third-order valence-corrected chi connectivity index (χ3v) is 5.08. The van der Waals surface area contributed by atoms with E-state index in [0.29, 0.717) is 35.8 Å². The van der Waals surface area contributed by atoms with Gasteiger partial charge in [-0.2, -0.15) is 0 Å². The van der Waals surface area contributed by atoms with E-state index >= 15 is 0 Å². The SMILES string of the molecule is O=C1OC(=O)[C@@H](Cc2ccc3c(c2)OCO3)[C@@H]1Cc1ccc2c(c1)OCO2. The Balaban J connectivity index is 1.37. The largest absolute Gasteiger partial charge is 0.454 e. The molecule has 0 bridgehead atoms. The van der Waals surface area contributed by atoms with Crippen LogP contribution in [0.4, 0.5) is 0 Å². The number of carbonyl (C=O) groups excluding carboxylic acids is 2. The topological polar surface area (TPSA) is 80.3 Å². The highest BCUT2D eigenvalue weighted by Gasteiger charge is 2.44. The normalized spacial score (nSPS) is 22.2. The van der Waals surface area contributed by atoms with Crippen molar-refractivity contribution in [2.75, 3.05) is 13.6 Å². The molecule has 27 heavy (non-hydrogen) atoms. The van der Waals surface area contributed by atoms with Crippen LogP contribution in [0.15, 0.2) is 36.4 Å². The number of benzene rings is 2. The van der Waals surface area contributed by atoms with Crippen LogP contribution in [0.25, 0.3) is 0 Å². The number of esters is 2. The van der Waals surface area contributed by atoms with Crippen LogP contribution >= 0.6 is 0 Å². The molecule has 2 atom stereocenters. The Hall–Kier alpha value is -3.22. The quantitative estimate of drug-likeness (QED) is 0.605. The molecule has 3 aliphatic rings. The third-order valence-electron chi connectivity index (χ3n) is 5.08. The van der Waals surface area contributed by atoms with Gasteiger partial charge in [-0.05, 0) is 48.2 Å². The molecule has 3 aliphatic heterocycles. The predicted molar refractivity (Wildman–Crippen MR) is 90.6 cm³/mol. The summed E-state index contributed by atoms with van der Waals surface area (Å²) in [5.41, 5.74) is 1.79. The monoisotopic (exact) mass is 368 g/mol. The second-order valence-corrected chi connectivity index (χ2v) is 6.74. The van der Waals surface area contributed by atoms with E-state index in [1.807, 2.05) is 36.4 Å². The molecule has 138 valence electrons. The molecule has 0 unspecified atom stereocenters. The van der Waals surface area contributed by atoms with Gasteiger partial charge >= 0.3 is 11.9 Å². The zero-order chi connectivity index (χ0) is 18.4. The van der Waals surface area contributed by atoms with Gasteiger partial charge in [0.15, 0.2) is 23.0 Å².